The lowest BCUT2D eigenvalue weighted by Crippen LogP contribution is -2.44. The van der Waals surface area contributed by atoms with Gasteiger partial charge in [0.1, 0.15) is 6.10 Å². The molecule has 0 radical (unpaired) electrons. The van der Waals surface area contributed by atoms with E-state index in [4.69, 9.17) is 23.2 Å². The Hall–Kier alpha value is -0.860. The van der Waals surface area contributed by atoms with Gasteiger partial charge in [0.15, 0.2) is 14.7 Å². The molecule has 22 heavy (non-hydrogen) atoms. The molecule has 124 valence electrons. The van der Waals surface area contributed by atoms with E-state index in [9.17, 15) is 23.4 Å². The van der Waals surface area contributed by atoms with E-state index in [0.29, 0.717) is 5.56 Å². The Labute approximate surface area is 139 Å². The number of aliphatic hydroxyl groups excluding tert-OH is 2. The number of rotatable bonds is 7. The first-order valence-corrected chi connectivity index (χ1v) is 8.95. The van der Waals surface area contributed by atoms with Gasteiger partial charge < -0.3 is 15.5 Å². The zero-order valence-electron chi connectivity index (χ0n) is 11.7. The summed E-state index contributed by atoms with van der Waals surface area (Å²) in [5.41, 5.74) is 0.343. The molecule has 0 fully saturated rings. The van der Waals surface area contributed by atoms with Crippen molar-refractivity contribution in [1.82, 2.24) is 5.32 Å². The Bertz CT molecular complexity index is 603. The van der Waals surface area contributed by atoms with E-state index in [1.54, 1.807) is 0 Å². The molecule has 0 saturated heterocycles. The maximum Gasteiger partial charge on any atom is 0.253 e. The average Bonchev–Trinajstić information content (AvgIpc) is 2.51. The van der Waals surface area contributed by atoms with Gasteiger partial charge in [0.2, 0.25) is 0 Å². The van der Waals surface area contributed by atoms with Crippen molar-refractivity contribution >= 4 is 38.9 Å². The second-order valence-corrected chi connectivity index (χ2v) is 7.89. The summed E-state index contributed by atoms with van der Waals surface area (Å²) >= 11 is 10.8. The summed E-state index contributed by atoms with van der Waals surface area (Å²) in [6.45, 7) is 0.993. The molecule has 0 bridgehead atoms. The van der Waals surface area contributed by atoms with Gasteiger partial charge in [0.05, 0.1) is 23.3 Å². The van der Waals surface area contributed by atoms with Crippen LogP contribution in [-0.2, 0) is 14.6 Å². The molecule has 1 aromatic rings. The number of alkyl halides is 2. The summed E-state index contributed by atoms with van der Waals surface area (Å²) in [4.78, 5) is 10.2. The molecule has 2 atom stereocenters. The van der Waals surface area contributed by atoms with Crippen molar-refractivity contribution in [3.05, 3.63) is 29.8 Å². The quantitative estimate of drug-likeness (QED) is 0.616. The summed E-state index contributed by atoms with van der Waals surface area (Å²) in [5, 5.41) is 21.7. The van der Waals surface area contributed by atoms with Crippen LogP contribution in [0.25, 0.3) is 0 Å². The lowest BCUT2D eigenvalue weighted by atomic mass is 10.0. The first-order chi connectivity index (χ1) is 10.2. The predicted octanol–water partition coefficient (Wildman–Crippen LogP) is 0.794. The van der Waals surface area contributed by atoms with Crippen LogP contribution in [0.2, 0.25) is 0 Å². The van der Waals surface area contributed by atoms with Crippen LogP contribution in [0.5, 0.6) is 0 Å². The molecule has 0 aliphatic carbocycles. The highest BCUT2D eigenvalue weighted by molar-refractivity contribution is 7.91. The largest absolute Gasteiger partial charge is 0.394 e. The number of carbonyl (C=O) groups is 1. The molecule has 1 aromatic carbocycles. The van der Waals surface area contributed by atoms with Gasteiger partial charge in [0.25, 0.3) is 5.91 Å². The van der Waals surface area contributed by atoms with E-state index in [-0.39, 0.29) is 10.6 Å². The van der Waals surface area contributed by atoms with Crippen molar-refractivity contribution in [2.45, 2.75) is 28.8 Å². The number of nitrogens with one attached hydrogen (secondary N) is 1. The number of carbonyl (C=O) groups excluding carboxylic acids is 1. The van der Waals surface area contributed by atoms with Crippen LogP contribution in [0.15, 0.2) is 29.2 Å². The molecule has 0 unspecified atom stereocenters. The monoisotopic (exact) mass is 369 g/mol. The van der Waals surface area contributed by atoms with E-state index in [0.717, 1.165) is 0 Å². The standard InChI is InChI=1S/C13H17Cl2NO5S/c1-2-22(20,21)9-5-3-8(4-6-9)11(18)10(7-17)16-13(19)12(14)15/h3-6,10-12,17-18H,2,7H2,1H3,(H,16,19)/t10-,11-/m1/s1. The van der Waals surface area contributed by atoms with Crippen molar-refractivity contribution in [2.75, 3.05) is 12.4 Å². The lowest BCUT2D eigenvalue weighted by molar-refractivity contribution is -0.121. The van der Waals surface area contributed by atoms with Crippen LogP contribution < -0.4 is 5.32 Å². The molecular weight excluding hydrogens is 353 g/mol. The van der Waals surface area contributed by atoms with Gasteiger partial charge in [-0.25, -0.2) is 8.42 Å². The maximum atomic E-state index is 11.7. The Morgan fingerprint density at radius 2 is 1.82 bits per heavy atom. The van der Waals surface area contributed by atoms with Crippen molar-refractivity contribution in [3.63, 3.8) is 0 Å². The molecule has 1 rings (SSSR count). The molecule has 0 aliphatic rings. The van der Waals surface area contributed by atoms with Crippen molar-refractivity contribution in [2.24, 2.45) is 0 Å². The summed E-state index contributed by atoms with van der Waals surface area (Å²) in [6.07, 6.45) is -1.24. The van der Waals surface area contributed by atoms with Gasteiger partial charge in [-0.15, -0.1) is 0 Å². The Morgan fingerprint density at radius 3 is 2.23 bits per heavy atom. The predicted molar refractivity (Wildman–Crippen MR) is 83.6 cm³/mol. The molecule has 0 heterocycles. The minimum absolute atomic E-state index is 0.0307. The third-order valence-electron chi connectivity index (χ3n) is 3.06. The number of benzene rings is 1. The fourth-order valence-corrected chi connectivity index (χ4v) is 2.75. The summed E-state index contributed by atoms with van der Waals surface area (Å²) in [5.74, 6) is -0.775. The van der Waals surface area contributed by atoms with Gasteiger partial charge in [-0.1, -0.05) is 42.3 Å². The number of halogens is 2. The van der Waals surface area contributed by atoms with E-state index in [2.05, 4.69) is 5.32 Å². The van der Waals surface area contributed by atoms with E-state index in [1.807, 2.05) is 0 Å². The molecule has 0 aliphatic heterocycles. The van der Waals surface area contributed by atoms with Gasteiger partial charge in [-0.05, 0) is 17.7 Å². The fraction of sp³-hybridized carbons (Fsp3) is 0.462. The van der Waals surface area contributed by atoms with Crippen LogP contribution in [0.3, 0.4) is 0 Å². The zero-order chi connectivity index (χ0) is 16.9. The molecule has 0 saturated carbocycles. The van der Waals surface area contributed by atoms with Gasteiger partial charge in [-0.2, -0.15) is 0 Å². The van der Waals surface area contributed by atoms with Crippen LogP contribution in [0.1, 0.15) is 18.6 Å². The fourth-order valence-electron chi connectivity index (χ4n) is 1.74. The summed E-state index contributed by atoms with van der Waals surface area (Å²) in [6, 6.07) is 4.54. The lowest BCUT2D eigenvalue weighted by Gasteiger charge is -2.23. The highest BCUT2D eigenvalue weighted by Crippen LogP contribution is 2.20. The van der Waals surface area contributed by atoms with Crippen LogP contribution in [0, 0.1) is 0 Å². The van der Waals surface area contributed by atoms with E-state index >= 15 is 0 Å². The molecular formula is C13H17Cl2NO5S. The highest BCUT2D eigenvalue weighted by atomic mass is 35.5. The Morgan fingerprint density at radius 1 is 1.27 bits per heavy atom. The minimum atomic E-state index is -3.33. The van der Waals surface area contributed by atoms with Crippen molar-refractivity contribution in [3.8, 4) is 0 Å². The third-order valence-corrected chi connectivity index (χ3v) is 5.21. The Kier molecular flexibility index (Phi) is 7.08. The average molecular weight is 370 g/mol. The Balaban J connectivity index is 2.92. The van der Waals surface area contributed by atoms with Crippen molar-refractivity contribution in [1.29, 1.82) is 0 Å². The number of hydrogen-bond acceptors (Lipinski definition) is 5. The number of amides is 1. The number of hydrogen-bond donors (Lipinski definition) is 3. The third kappa shape index (κ3) is 4.82. The zero-order valence-corrected chi connectivity index (χ0v) is 14.1. The van der Waals surface area contributed by atoms with Gasteiger partial charge in [0, 0.05) is 0 Å². The highest BCUT2D eigenvalue weighted by Gasteiger charge is 2.24. The van der Waals surface area contributed by atoms with Crippen LogP contribution >= 0.6 is 23.2 Å². The second kappa shape index (κ2) is 8.12. The van der Waals surface area contributed by atoms with Crippen LogP contribution in [0.4, 0.5) is 0 Å². The molecule has 9 heteroatoms. The molecule has 6 nitrogen and oxygen atoms in total. The van der Waals surface area contributed by atoms with Gasteiger partial charge >= 0.3 is 0 Å². The van der Waals surface area contributed by atoms with Crippen LogP contribution in [-0.4, -0.2) is 47.8 Å². The molecule has 1 amide bonds. The van der Waals surface area contributed by atoms with E-state index in [1.165, 1.54) is 31.2 Å². The summed E-state index contributed by atoms with van der Waals surface area (Å²) < 4.78 is 23.4. The molecule has 0 spiro atoms. The number of sulfone groups is 1. The smallest absolute Gasteiger partial charge is 0.253 e. The normalized spacial score (nSPS) is 14.6. The van der Waals surface area contributed by atoms with Gasteiger partial charge in [-0.3, -0.25) is 4.79 Å². The second-order valence-electron chi connectivity index (χ2n) is 4.52. The summed E-state index contributed by atoms with van der Waals surface area (Å²) in [7, 11) is -3.33. The van der Waals surface area contributed by atoms with E-state index < -0.39 is 39.3 Å². The first kappa shape index (κ1) is 19.2. The first-order valence-electron chi connectivity index (χ1n) is 6.43. The molecule has 3 N–H and O–H groups in total. The minimum Gasteiger partial charge on any atom is -0.394 e. The number of aliphatic hydroxyl groups is 2. The SMILES string of the molecule is CCS(=O)(=O)c1ccc([C@@H](O)[C@@H](CO)NC(=O)C(Cl)Cl)cc1. The molecule has 0 aromatic heterocycles. The topological polar surface area (TPSA) is 104 Å². The maximum absolute atomic E-state index is 11.7. The van der Waals surface area contributed by atoms with Crippen molar-refractivity contribution < 1.29 is 23.4 Å².